The number of nitrogens with zero attached hydrogens (tertiary/aromatic N) is 1. The Hall–Kier alpha value is -1.69. The molecule has 114 valence electrons. The molecule has 1 aliphatic rings. The van der Waals surface area contributed by atoms with Gasteiger partial charge < -0.3 is 0 Å². The molecule has 0 spiro atoms. The summed E-state index contributed by atoms with van der Waals surface area (Å²) in [6.45, 7) is 0. The molecule has 1 aliphatic carbocycles. The molecule has 0 aliphatic heterocycles. The lowest BCUT2D eigenvalue weighted by Gasteiger charge is -2.08. The quantitative estimate of drug-likeness (QED) is 0.933. The van der Waals surface area contributed by atoms with Gasteiger partial charge in [0.05, 0.1) is 5.69 Å². The summed E-state index contributed by atoms with van der Waals surface area (Å²) in [4.78, 5) is 4.31. The first-order valence-corrected chi connectivity index (χ1v) is 8.85. The normalized spacial score (nSPS) is 15.4. The van der Waals surface area contributed by atoms with E-state index in [4.69, 9.17) is 16.7 Å². The fourth-order valence-corrected chi connectivity index (χ4v) is 3.31. The van der Waals surface area contributed by atoms with E-state index in [0.29, 0.717) is 5.02 Å². The van der Waals surface area contributed by atoms with Crippen molar-refractivity contribution in [3.63, 3.8) is 0 Å². The standard InChI is InChI=1S/C16H15ClN2O2S/c17-12-6-4-11(5-7-12)14-2-1-3-15(14)16-9-8-13(10-19-16)22(18,20)21/h4-10H,1-3H2,(H2,18,20,21). The number of primary sulfonamides is 1. The number of hydrogen-bond donors (Lipinski definition) is 1. The van der Waals surface area contributed by atoms with Gasteiger partial charge in [-0.2, -0.15) is 0 Å². The highest BCUT2D eigenvalue weighted by molar-refractivity contribution is 7.89. The van der Waals surface area contributed by atoms with E-state index in [2.05, 4.69) is 4.98 Å². The average molecular weight is 335 g/mol. The zero-order valence-corrected chi connectivity index (χ0v) is 13.4. The number of halogens is 1. The Labute approximate surface area is 134 Å². The first-order chi connectivity index (χ1) is 10.4. The molecular weight excluding hydrogens is 320 g/mol. The van der Waals surface area contributed by atoms with E-state index in [1.807, 2.05) is 24.3 Å². The Morgan fingerprint density at radius 3 is 2.27 bits per heavy atom. The zero-order chi connectivity index (χ0) is 15.7. The van der Waals surface area contributed by atoms with E-state index < -0.39 is 10.0 Å². The molecule has 1 aromatic carbocycles. The summed E-state index contributed by atoms with van der Waals surface area (Å²) in [5.74, 6) is 0. The Morgan fingerprint density at radius 1 is 1.00 bits per heavy atom. The Balaban J connectivity index is 2.01. The Bertz CT molecular complexity index is 825. The molecule has 22 heavy (non-hydrogen) atoms. The molecule has 0 fully saturated rings. The number of rotatable bonds is 3. The van der Waals surface area contributed by atoms with Crippen LogP contribution in [0.1, 0.15) is 30.5 Å². The fraction of sp³-hybridized carbons (Fsp3) is 0.188. The van der Waals surface area contributed by atoms with Crippen LogP contribution in [0.3, 0.4) is 0 Å². The Kier molecular flexibility index (Phi) is 4.04. The molecule has 0 saturated heterocycles. The van der Waals surface area contributed by atoms with Gasteiger partial charge >= 0.3 is 0 Å². The van der Waals surface area contributed by atoms with Crippen LogP contribution in [0.5, 0.6) is 0 Å². The SMILES string of the molecule is NS(=O)(=O)c1ccc(C2=C(c3ccc(Cl)cc3)CCC2)nc1. The van der Waals surface area contributed by atoms with Gasteiger partial charge in [-0.15, -0.1) is 0 Å². The molecule has 0 atom stereocenters. The minimum Gasteiger partial charge on any atom is -0.255 e. The van der Waals surface area contributed by atoms with Gasteiger partial charge in [0.1, 0.15) is 4.90 Å². The summed E-state index contributed by atoms with van der Waals surface area (Å²) < 4.78 is 22.6. The summed E-state index contributed by atoms with van der Waals surface area (Å²) in [5, 5.41) is 5.81. The van der Waals surface area contributed by atoms with Crippen molar-refractivity contribution < 1.29 is 8.42 Å². The molecule has 4 nitrogen and oxygen atoms in total. The van der Waals surface area contributed by atoms with Crippen LogP contribution in [-0.2, 0) is 10.0 Å². The molecule has 2 aromatic rings. The monoisotopic (exact) mass is 334 g/mol. The van der Waals surface area contributed by atoms with Crippen LogP contribution in [-0.4, -0.2) is 13.4 Å². The second kappa shape index (κ2) is 5.83. The van der Waals surface area contributed by atoms with Crippen LogP contribution in [0.4, 0.5) is 0 Å². The van der Waals surface area contributed by atoms with Crippen LogP contribution in [0.2, 0.25) is 5.02 Å². The molecule has 2 N–H and O–H groups in total. The molecule has 0 bridgehead atoms. The highest BCUT2D eigenvalue weighted by Crippen LogP contribution is 2.39. The van der Waals surface area contributed by atoms with Crippen molar-refractivity contribution in [2.24, 2.45) is 5.14 Å². The van der Waals surface area contributed by atoms with Crippen LogP contribution in [0.25, 0.3) is 11.1 Å². The van der Waals surface area contributed by atoms with E-state index >= 15 is 0 Å². The van der Waals surface area contributed by atoms with Gasteiger partial charge in [0.25, 0.3) is 0 Å². The van der Waals surface area contributed by atoms with E-state index in [0.717, 1.165) is 36.1 Å². The third kappa shape index (κ3) is 3.06. The van der Waals surface area contributed by atoms with Gasteiger partial charge in [-0.05, 0) is 60.2 Å². The first kappa shape index (κ1) is 15.2. The molecule has 0 unspecified atom stereocenters. The lowest BCUT2D eigenvalue weighted by molar-refractivity contribution is 0.597. The smallest absolute Gasteiger partial charge is 0.239 e. The number of hydrogen-bond acceptors (Lipinski definition) is 3. The molecule has 1 aromatic heterocycles. The molecule has 6 heteroatoms. The second-order valence-electron chi connectivity index (χ2n) is 5.24. The maximum absolute atomic E-state index is 11.3. The molecule has 0 amide bonds. The van der Waals surface area contributed by atoms with Crippen molar-refractivity contribution in [2.45, 2.75) is 24.2 Å². The average Bonchev–Trinajstić information content (AvgIpc) is 2.97. The second-order valence-corrected chi connectivity index (χ2v) is 7.24. The molecule has 1 heterocycles. The minimum absolute atomic E-state index is 0.0305. The maximum Gasteiger partial charge on any atom is 0.239 e. The van der Waals surface area contributed by atoms with E-state index in [1.54, 1.807) is 6.07 Å². The number of pyridine rings is 1. The van der Waals surface area contributed by atoms with E-state index in [-0.39, 0.29) is 4.90 Å². The van der Waals surface area contributed by atoms with Crippen molar-refractivity contribution >= 4 is 32.8 Å². The van der Waals surface area contributed by atoms with Crippen molar-refractivity contribution in [1.82, 2.24) is 4.98 Å². The van der Waals surface area contributed by atoms with Gasteiger partial charge in [-0.3, -0.25) is 4.98 Å². The highest BCUT2D eigenvalue weighted by atomic mass is 35.5. The topological polar surface area (TPSA) is 73.1 Å². The van der Waals surface area contributed by atoms with E-state index in [9.17, 15) is 8.42 Å². The molecular formula is C16H15ClN2O2S. The summed E-state index contributed by atoms with van der Waals surface area (Å²) in [7, 11) is -3.71. The number of sulfonamides is 1. The predicted molar refractivity (Wildman–Crippen MR) is 87.7 cm³/mol. The summed E-state index contributed by atoms with van der Waals surface area (Å²) in [5.41, 5.74) is 4.33. The highest BCUT2D eigenvalue weighted by Gasteiger charge is 2.19. The fourth-order valence-electron chi connectivity index (χ4n) is 2.72. The zero-order valence-electron chi connectivity index (χ0n) is 11.8. The van der Waals surface area contributed by atoms with Crippen molar-refractivity contribution in [1.29, 1.82) is 0 Å². The third-order valence-electron chi connectivity index (χ3n) is 3.78. The van der Waals surface area contributed by atoms with Gasteiger partial charge in [0, 0.05) is 11.2 Å². The van der Waals surface area contributed by atoms with Crippen LogP contribution < -0.4 is 5.14 Å². The summed E-state index contributed by atoms with van der Waals surface area (Å²) in [6, 6.07) is 11.0. The van der Waals surface area contributed by atoms with Gasteiger partial charge in [0.15, 0.2) is 0 Å². The molecule has 0 saturated carbocycles. The van der Waals surface area contributed by atoms with Crippen LogP contribution in [0.15, 0.2) is 47.5 Å². The minimum atomic E-state index is -3.71. The van der Waals surface area contributed by atoms with Crippen LogP contribution in [0, 0.1) is 0 Å². The third-order valence-corrected chi connectivity index (χ3v) is 4.94. The Morgan fingerprint density at radius 2 is 1.68 bits per heavy atom. The summed E-state index contributed by atoms with van der Waals surface area (Å²) >= 11 is 5.93. The maximum atomic E-state index is 11.3. The number of nitrogens with two attached hydrogens (primary N) is 1. The number of allylic oxidation sites excluding steroid dienone is 2. The van der Waals surface area contributed by atoms with Crippen molar-refractivity contribution in [3.8, 4) is 0 Å². The van der Waals surface area contributed by atoms with Gasteiger partial charge in [0.2, 0.25) is 10.0 Å². The predicted octanol–water partition coefficient (Wildman–Crippen LogP) is 3.48. The van der Waals surface area contributed by atoms with Gasteiger partial charge in [-0.1, -0.05) is 23.7 Å². The van der Waals surface area contributed by atoms with Crippen LogP contribution >= 0.6 is 11.6 Å². The lowest BCUT2D eigenvalue weighted by atomic mass is 10.00. The molecule has 0 radical (unpaired) electrons. The van der Waals surface area contributed by atoms with E-state index in [1.165, 1.54) is 17.8 Å². The van der Waals surface area contributed by atoms with Crippen molar-refractivity contribution in [2.75, 3.05) is 0 Å². The van der Waals surface area contributed by atoms with Crippen molar-refractivity contribution in [3.05, 3.63) is 58.9 Å². The lowest BCUT2D eigenvalue weighted by Crippen LogP contribution is -2.12. The molecule has 3 rings (SSSR count). The number of aromatic nitrogens is 1. The summed E-state index contributed by atoms with van der Waals surface area (Å²) in [6.07, 6.45) is 4.29. The van der Waals surface area contributed by atoms with Gasteiger partial charge in [-0.25, -0.2) is 13.6 Å². The first-order valence-electron chi connectivity index (χ1n) is 6.92. The number of benzene rings is 1. The largest absolute Gasteiger partial charge is 0.255 e.